The molecular weight excluding hydrogens is 404 g/mol. The molecule has 0 amide bonds. The van der Waals surface area contributed by atoms with Crippen LogP contribution in [0.2, 0.25) is 0 Å². The van der Waals surface area contributed by atoms with Crippen LogP contribution in [0.3, 0.4) is 0 Å². The van der Waals surface area contributed by atoms with Gasteiger partial charge < -0.3 is 9.47 Å². The maximum Gasteiger partial charge on any atom is 0.0780 e. The Morgan fingerprint density at radius 3 is 1.58 bits per heavy atom. The first-order valence-electron chi connectivity index (χ1n) is 14.8. The zero-order valence-corrected chi connectivity index (χ0v) is 23.0. The van der Waals surface area contributed by atoms with Gasteiger partial charge in [-0.1, -0.05) is 122 Å². The van der Waals surface area contributed by atoms with Gasteiger partial charge in [-0.2, -0.15) is 0 Å². The first-order chi connectivity index (χ1) is 16.3. The molecule has 1 unspecified atom stereocenters. The summed E-state index contributed by atoms with van der Waals surface area (Å²) in [5.41, 5.74) is 0. The number of unbranched alkanes of at least 4 members (excludes halogenated alkanes) is 16. The Hall–Kier alpha value is -0.600. The van der Waals surface area contributed by atoms with E-state index in [1.54, 1.807) is 0 Å². The Balaban J connectivity index is 3.21. The number of ether oxygens (including phenoxy) is 2. The van der Waals surface area contributed by atoms with Gasteiger partial charge in [0.05, 0.1) is 12.7 Å². The summed E-state index contributed by atoms with van der Waals surface area (Å²) in [6, 6.07) is 0. The Kier molecular flexibility index (Phi) is 28.9. The minimum Gasteiger partial charge on any atom is -0.379 e. The Morgan fingerprint density at radius 2 is 0.970 bits per heavy atom. The van der Waals surface area contributed by atoms with Crippen molar-refractivity contribution in [3.05, 3.63) is 24.3 Å². The summed E-state index contributed by atoms with van der Waals surface area (Å²) >= 11 is 0. The van der Waals surface area contributed by atoms with Crippen LogP contribution in [0, 0.1) is 0 Å². The molecule has 0 fully saturated rings. The van der Waals surface area contributed by atoms with Gasteiger partial charge in [0, 0.05) is 13.2 Å². The van der Waals surface area contributed by atoms with Crippen LogP contribution in [0.5, 0.6) is 0 Å². The molecule has 0 N–H and O–H groups in total. The van der Waals surface area contributed by atoms with Crippen LogP contribution in [0.15, 0.2) is 24.3 Å². The van der Waals surface area contributed by atoms with Crippen molar-refractivity contribution in [3.8, 4) is 0 Å². The molecule has 0 spiro atoms. The van der Waals surface area contributed by atoms with Gasteiger partial charge in [-0.15, -0.1) is 0 Å². The summed E-state index contributed by atoms with van der Waals surface area (Å²) < 4.78 is 11.7. The van der Waals surface area contributed by atoms with E-state index in [0.717, 1.165) is 26.2 Å². The lowest BCUT2D eigenvalue weighted by atomic mass is 10.1. The van der Waals surface area contributed by atoms with E-state index in [1.807, 2.05) is 0 Å². The molecule has 196 valence electrons. The lowest BCUT2D eigenvalue weighted by molar-refractivity contribution is -0.00869. The smallest absolute Gasteiger partial charge is 0.0780 e. The number of allylic oxidation sites excluding steroid dienone is 4. The molecule has 33 heavy (non-hydrogen) atoms. The molecule has 0 saturated heterocycles. The van der Waals surface area contributed by atoms with Crippen molar-refractivity contribution in [1.29, 1.82) is 0 Å². The number of hydrogen-bond acceptors (Lipinski definition) is 2. The lowest BCUT2D eigenvalue weighted by Gasteiger charge is -2.13. The Labute approximate surface area is 209 Å². The third-order valence-electron chi connectivity index (χ3n) is 6.24. The van der Waals surface area contributed by atoms with Crippen molar-refractivity contribution >= 4 is 0 Å². The van der Waals surface area contributed by atoms with Crippen LogP contribution in [0.1, 0.15) is 149 Å². The molecule has 0 aromatic rings. The van der Waals surface area contributed by atoms with Gasteiger partial charge in [0.2, 0.25) is 0 Å². The van der Waals surface area contributed by atoms with E-state index in [4.69, 9.17) is 9.47 Å². The molecule has 0 aliphatic heterocycles. The highest BCUT2D eigenvalue weighted by atomic mass is 16.5. The molecule has 0 radical (unpaired) electrons. The molecule has 0 aliphatic carbocycles. The Bertz CT molecular complexity index is 402. The van der Waals surface area contributed by atoms with Crippen LogP contribution in [-0.4, -0.2) is 25.9 Å². The van der Waals surface area contributed by atoms with E-state index in [1.165, 1.54) is 122 Å². The highest BCUT2D eigenvalue weighted by molar-refractivity contribution is 4.92. The minimum atomic E-state index is 0.235. The van der Waals surface area contributed by atoms with E-state index in [-0.39, 0.29) is 6.10 Å². The van der Waals surface area contributed by atoms with Crippen molar-refractivity contribution in [2.45, 2.75) is 155 Å². The van der Waals surface area contributed by atoms with Crippen molar-refractivity contribution in [2.24, 2.45) is 0 Å². The SMILES string of the molecule is CCCCC/C=C\C/C=C\CCCCCCCCOCC(C)OCCCCCCCCCC. The summed E-state index contributed by atoms with van der Waals surface area (Å²) in [5.74, 6) is 0. The van der Waals surface area contributed by atoms with Crippen LogP contribution in [0.4, 0.5) is 0 Å². The molecule has 0 aliphatic rings. The van der Waals surface area contributed by atoms with Gasteiger partial charge in [-0.05, 0) is 51.9 Å². The van der Waals surface area contributed by atoms with E-state index in [0.29, 0.717) is 0 Å². The highest BCUT2D eigenvalue weighted by Gasteiger charge is 2.02. The first-order valence-corrected chi connectivity index (χ1v) is 14.8. The standard InChI is InChI=1S/C31H60O2/c1-4-6-8-10-12-14-15-16-17-18-19-20-21-22-24-26-28-32-30-31(3)33-29-27-25-23-13-11-9-7-5-2/h12,14,16-17,31H,4-11,13,15,18-30H2,1-3H3/b14-12-,17-16-. The highest BCUT2D eigenvalue weighted by Crippen LogP contribution is 2.10. The maximum atomic E-state index is 5.89. The molecule has 0 heterocycles. The van der Waals surface area contributed by atoms with Crippen LogP contribution < -0.4 is 0 Å². The second-order valence-electron chi connectivity index (χ2n) is 9.82. The molecular formula is C31H60O2. The lowest BCUT2D eigenvalue weighted by Crippen LogP contribution is -2.17. The van der Waals surface area contributed by atoms with Gasteiger partial charge in [-0.3, -0.25) is 0 Å². The zero-order chi connectivity index (χ0) is 24.1. The monoisotopic (exact) mass is 464 g/mol. The number of hydrogen-bond donors (Lipinski definition) is 0. The summed E-state index contributed by atoms with van der Waals surface area (Å²) in [5, 5.41) is 0. The van der Waals surface area contributed by atoms with Gasteiger partial charge >= 0.3 is 0 Å². The van der Waals surface area contributed by atoms with E-state index in [9.17, 15) is 0 Å². The van der Waals surface area contributed by atoms with E-state index < -0.39 is 0 Å². The van der Waals surface area contributed by atoms with E-state index >= 15 is 0 Å². The molecule has 2 heteroatoms. The fraction of sp³-hybridized carbons (Fsp3) is 0.871. The molecule has 1 atom stereocenters. The predicted octanol–water partition coefficient (Wildman–Crippen LogP) is 10.4. The molecule has 2 nitrogen and oxygen atoms in total. The quantitative estimate of drug-likeness (QED) is 0.0888. The van der Waals surface area contributed by atoms with Crippen LogP contribution >= 0.6 is 0 Å². The summed E-state index contributed by atoms with van der Waals surface area (Å²) in [7, 11) is 0. The van der Waals surface area contributed by atoms with Gasteiger partial charge in [0.25, 0.3) is 0 Å². The van der Waals surface area contributed by atoms with Crippen LogP contribution in [-0.2, 0) is 9.47 Å². The molecule has 0 bridgehead atoms. The van der Waals surface area contributed by atoms with Crippen molar-refractivity contribution in [2.75, 3.05) is 19.8 Å². The molecule has 0 saturated carbocycles. The summed E-state index contributed by atoms with van der Waals surface area (Å²) in [6.07, 6.45) is 35.9. The average Bonchev–Trinajstić information content (AvgIpc) is 2.82. The van der Waals surface area contributed by atoms with Gasteiger partial charge in [-0.25, -0.2) is 0 Å². The second kappa shape index (κ2) is 29.4. The van der Waals surface area contributed by atoms with E-state index in [2.05, 4.69) is 45.1 Å². The molecule has 0 rings (SSSR count). The minimum absolute atomic E-state index is 0.235. The number of rotatable bonds is 27. The average molecular weight is 465 g/mol. The zero-order valence-electron chi connectivity index (χ0n) is 23.0. The fourth-order valence-electron chi connectivity index (χ4n) is 4.01. The normalized spacial score (nSPS) is 12.9. The first kappa shape index (κ1) is 32.4. The van der Waals surface area contributed by atoms with Crippen molar-refractivity contribution < 1.29 is 9.47 Å². The van der Waals surface area contributed by atoms with Crippen LogP contribution in [0.25, 0.3) is 0 Å². The third kappa shape index (κ3) is 29.4. The van der Waals surface area contributed by atoms with Crippen molar-refractivity contribution in [1.82, 2.24) is 0 Å². The second-order valence-corrected chi connectivity index (χ2v) is 9.82. The maximum absolute atomic E-state index is 5.89. The summed E-state index contributed by atoms with van der Waals surface area (Å²) in [6.45, 7) is 9.21. The fourth-order valence-corrected chi connectivity index (χ4v) is 4.01. The topological polar surface area (TPSA) is 18.5 Å². The van der Waals surface area contributed by atoms with Crippen molar-refractivity contribution in [3.63, 3.8) is 0 Å². The largest absolute Gasteiger partial charge is 0.379 e. The third-order valence-corrected chi connectivity index (χ3v) is 6.24. The Morgan fingerprint density at radius 1 is 0.515 bits per heavy atom. The van der Waals surface area contributed by atoms with Gasteiger partial charge in [0.1, 0.15) is 0 Å². The predicted molar refractivity (Wildman–Crippen MR) is 148 cm³/mol. The van der Waals surface area contributed by atoms with Gasteiger partial charge in [0.15, 0.2) is 0 Å². The molecule has 0 aromatic heterocycles. The summed E-state index contributed by atoms with van der Waals surface area (Å²) in [4.78, 5) is 0. The molecule has 0 aromatic carbocycles.